The number of carbonyl (C=O) groups is 1. The van der Waals surface area contributed by atoms with Crippen LogP contribution < -0.4 is 0 Å². The van der Waals surface area contributed by atoms with Crippen molar-refractivity contribution in [1.29, 1.82) is 0 Å². The molecule has 0 unspecified atom stereocenters. The molecule has 0 aromatic rings. The van der Waals surface area contributed by atoms with Crippen LogP contribution in [0, 0.1) is 0 Å². The van der Waals surface area contributed by atoms with E-state index in [1.807, 2.05) is 6.08 Å². The van der Waals surface area contributed by atoms with E-state index in [-0.39, 0.29) is 5.97 Å². The SMILES string of the molecule is C=CC/C=C\CCCCCCCC(=O)OCCOC. The Morgan fingerprint density at radius 2 is 1.79 bits per heavy atom. The van der Waals surface area contributed by atoms with Crippen LogP contribution in [0.15, 0.2) is 24.8 Å². The zero-order valence-electron chi connectivity index (χ0n) is 12.2. The van der Waals surface area contributed by atoms with Crippen LogP contribution in [0.2, 0.25) is 0 Å². The predicted molar refractivity (Wildman–Crippen MR) is 79.1 cm³/mol. The summed E-state index contributed by atoms with van der Waals surface area (Å²) >= 11 is 0. The van der Waals surface area contributed by atoms with Crippen molar-refractivity contribution in [3.8, 4) is 0 Å². The molecule has 0 aliphatic heterocycles. The lowest BCUT2D eigenvalue weighted by Gasteiger charge is -2.03. The standard InChI is InChI=1S/C16H28O3/c1-3-4-5-6-7-8-9-10-11-12-13-16(17)19-15-14-18-2/h3,5-6H,1,4,7-15H2,2H3/b6-5-. The van der Waals surface area contributed by atoms with Crippen LogP contribution in [-0.4, -0.2) is 26.3 Å². The summed E-state index contributed by atoms with van der Waals surface area (Å²) in [5.41, 5.74) is 0. The van der Waals surface area contributed by atoms with Crippen molar-refractivity contribution in [2.24, 2.45) is 0 Å². The largest absolute Gasteiger partial charge is 0.463 e. The van der Waals surface area contributed by atoms with E-state index in [2.05, 4.69) is 18.7 Å². The van der Waals surface area contributed by atoms with Gasteiger partial charge in [0.15, 0.2) is 0 Å². The van der Waals surface area contributed by atoms with Crippen molar-refractivity contribution in [2.45, 2.75) is 51.4 Å². The topological polar surface area (TPSA) is 35.5 Å². The summed E-state index contributed by atoms with van der Waals surface area (Å²) in [5.74, 6) is -0.107. The van der Waals surface area contributed by atoms with Crippen LogP contribution in [0.3, 0.4) is 0 Å². The number of allylic oxidation sites excluding steroid dienone is 3. The molecule has 0 fully saturated rings. The highest BCUT2D eigenvalue weighted by atomic mass is 16.6. The molecule has 0 aliphatic rings. The molecule has 0 aromatic heterocycles. The highest BCUT2D eigenvalue weighted by molar-refractivity contribution is 5.69. The molecule has 0 aromatic carbocycles. The van der Waals surface area contributed by atoms with Crippen LogP contribution in [0.4, 0.5) is 0 Å². The minimum atomic E-state index is -0.107. The lowest BCUT2D eigenvalue weighted by atomic mass is 10.1. The summed E-state index contributed by atoms with van der Waals surface area (Å²) in [6.45, 7) is 4.51. The maximum absolute atomic E-state index is 11.3. The Morgan fingerprint density at radius 3 is 2.53 bits per heavy atom. The zero-order chi connectivity index (χ0) is 14.2. The maximum Gasteiger partial charge on any atom is 0.305 e. The molecule has 110 valence electrons. The summed E-state index contributed by atoms with van der Waals surface area (Å²) in [6, 6.07) is 0. The number of hydrogen-bond donors (Lipinski definition) is 0. The highest BCUT2D eigenvalue weighted by Gasteiger charge is 2.01. The van der Waals surface area contributed by atoms with Gasteiger partial charge in [0, 0.05) is 13.5 Å². The second-order valence-electron chi connectivity index (χ2n) is 4.52. The number of unbranched alkanes of at least 4 members (excludes halogenated alkanes) is 5. The summed E-state index contributed by atoms with van der Waals surface area (Å²) in [6.07, 6.45) is 14.6. The van der Waals surface area contributed by atoms with Gasteiger partial charge in [-0.15, -0.1) is 6.58 Å². The first-order valence-corrected chi connectivity index (χ1v) is 7.21. The fraction of sp³-hybridized carbons (Fsp3) is 0.688. The van der Waals surface area contributed by atoms with Crippen LogP contribution in [0.25, 0.3) is 0 Å². The second kappa shape index (κ2) is 15.0. The number of esters is 1. The average Bonchev–Trinajstić information content (AvgIpc) is 2.41. The van der Waals surface area contributed by atoms with Crippen molar-refractivity contribution < 1.29 is 14.3 Å². The molecule has 0 saturated carbocycles. The summed E-state index contributed by atoms with van der Waals surface area (Å²) in [4.78, 5) is 11.3. The maximum atomic E-state index is 11.3. The van der Waals surface area contributed by atoms with Crippen molar-refractivity contribution >= 4 is 5.97 Å². The molecule has 3 heteroatoms. The van der Waals surface area contributed by atoms with E-state index >= 15 is 0 Å². The zero-order valence-corrected chi connectivity index (χ0v) is 12.2. The van der Waals surface area contributed by atoms with Crippen LogP contribution in [0.1, 0.15) is 51.4 Å². The minimum absolute atomic E-state index is 0.107. The van der Waals surface area contributed by atoms with E-state index in [0.29, 0.717) is 19.6 Å². The molecule has 0 rings (SSSR count). The normalized spacial score (nSPS) is 10.8. The molecule has 0 N–H and O–H groups in total. The van der Waals surface area contributed by atoms with Gasteiger partial charge >= 0.3 is 5.97 Å². The van der Waals surface area contributed by atoms with Crippen molar-refractivity contribution in [3.63, 3.8) is 0 Å². The minimum Gasteiger partial charge on any atom is -0.463 e. The Kier molecular flexibility index (Phi) is 14.1. The van der Waals surface area contributed by atoms with E-state index in [9.17, 15) is 4.79 Å². The van der Waals surface area contributed by atoms with Gasteiger partial charge in [-0.3, -0.25) is 4.79 Å². The summed E-state index contributed by atoms with van der Waals surface area (Å²) in [5, 5.41) is 0. The molecule has 0 spiro atoms. The van der Waals surface area contributed by atoms with Gasteiger partial charge in [0.1, 0.15) is 6.61 Å². The van der Waals surface area contributed by atoms with Crippen molar-refractivity contribution in [3.05, 3.63) is 24.8 Å². The Bertz CT molecular complexity index is 246. The Morgan fingerprint density at radius 1 is 1.05 bits per heavy atom. The molecular weight excluding hydrogens is 240 g/mol. The van der Waals surface area contributed by atoms with Gasteiger partial charge in [-0.05, 0) is 25.7 Å². The molecule has 0 aliphatic carbocycles. The van der Waals surface area contributed by atoms with E-state index in [1.54, 1.807) is 7.11 Å². The molecule has 0 bridgehead atoms. The number of carbonyl (C=O) groups excluding carboxylic acids is 1. The van der Waals surface area contributed by atoms with Gasteiger partial charge in [0.25, 0.3) is 0 Å². The fourth-order valence-corrected chi connectivity index (χ4v) is 1.68. The third kappa shape index (κ3) is 14.9. The quantitative estimate of drug-likeness (QED) is 0.287. The second-order valence-corrected chi connectivity index (χ2v) is 4.52. The smallest absolute Gasteiger partial charge is 0.305 e. The molecule has 0 heterocycles. The Balaban J connectivity index is 3.17. The highest BCUT2D eigenvalue weighted by Crippen LogP contribution is 2.08. The van der Waals surface area contributed by atoms with Gasteiger partial charge in [-0.1, -0.05) is 37.5 Å². The number of hydrogen-bond acceptors (Lipinski definition) is 3. The fourth-order valence-electron chi connectivity index (χ4n) is 1.68. The molecule has 0 radical (unpaired) electrons. The first-order chi connectivity index (χ1) is 9.31. The van der Waals surface area contributed by atoms with Gasteiger partial charge in [0.05, 0.1) is 6.61 Å². The third-order valence-electron chi connectivity index (χ3n) is 2.77. The molecule has 19 heavy (non-hydrogen) atoms. The Hall–Kier alpha value is -1.09. The molecule has 0 saturated heterocycles. The number of rotatable bonds is 13. The van der Waals surface area contributed by atoms with E-state index in [0.717, 1.165) is 25.7 Å². The molecular formula is C16H28O3. The van der Waals surface area contributed by atoms with Gasteiger partial charge < -0.3 is 9.47 Å². The molecule has 0 atom stereocenters. The van der Waals surface area contributed by atoms with Gasteiger partial charge in [0.2, 0.25) is 0 Å². The molecule has 0 amide bonds. The van der Waals surface area contributed by atoms with Crippen molar-refractivity contribution in [2.75, 3.05) is 20.3 Å². The van der Waals surface area contributed by atoms with Crippen molar-refractivity contribution in [1.82, 2.24) is 0 Å². The lowest BCUT2D eigenvalue weighted by Crippen LogP contribution is -2.09. The average molecular weight is 268 g/mol. The third-order valence-corrected chi connectivity index (χ3v) is 2.77. The monoisotopic (exact) mass is 268 g/mol. The number of ether oxygens (including phenoxy) is 2. The van der Waals surface area contributed by atoms with Crippen LogP contribution in [-0.2, 0) is 14.3 Å². The first-order valence-electron chi connectivity index (χ1n) is 7.21. The van der Waals surface area contributed by atoms with Crippen LogP contribution in [0.5, 0.6) is 0 Å². The summed E-state index contributed by atoms with van der Waals surface area (Å²) < 4.78 is 9.79. The lowest BCUT2D eigenvalue weighted by molar-refractivity contribution is -0.145. The van der Waals surface area contributed by atoms with E-state index in [4.69, 9.17) is 9.47 Å². The van der Waals surface area contributed by atoms with Gasteiger partial charge in [-0.2, -0.15) is 0 Å². The van der Waals surface area contributed by atoms with E-state index in [1.165, 1.54) is 19.3 Å². The van der Waals surface area contributed by atoms with Crippen LogP contribution >= 0.6 is 0 Å². The molecule has 3 nitrogen and oxygen atoms in total. The first kappa shape index (κ1) is 17.9. The predicted octanol–water partition coefficient (Wildman–Crippen LogP) is 4.04. The number of methoxy groups -OCH3 is 1. The van der Waals surface area contributed by atoms with Gasteiger partial charge in [-0.25, -0.2) is 0 Å². The van der Waals surface area contributed by atoms with E-state index < -0.39 is 0 Å². The summed E-state index contributed by atoms with van der Waals surface area (Å²) in [7, 11) is 1.60. The Labute approximate surface area is 117 Å².